The van der Waals surface area contributed by atoms with E-state index in [0.717, 1.165) is 24.1 Å². The number of piperidine rings is 1. The molecule has 1 fully saturated rings. The summed E-state index contributed by atoms with van der Waals surface area (Å²) in [5, 5.41) is 10.5. The maximum Gasteiger partial charge on any atom is 0.307 e. The van der Waals surface area contributed by atoms with Gasteiger partial charge in [0, 0.05) is 18.2 Å². The molecular weight excluding hydrogens is 429 g/mol. The minimum absolute atomic E-state index is 0.295. The maximum atomic E-state index is 11.7. The average molecular weight is 454 g/mol. The third kappa shape index (κ3) is 4.61. The van der Waals surface area contributed by atoms with Crippen molar-refractivity contribution in [2.45, 2.75) is 18.9 Å². The van der Waals surface area contributed by atoms with Crippen molar-refractivity contribution in [3.05, 3.63) is 51.5 Å². The quantitative estimate of drug-likeness (QED) is 0.642. The Morgan fingerprint density at radius 2 is 1.70 bits per heavy atom. The number of hydrogen-bond donors (Lipinski definition) is 1. The van der Waals surface area contributed by atoms with Gasteiger partial charge in [0.25, 0.3) is 0 Å². The van der Waals surface area contributed by atoms with Gasteiger partial charge in [-0.2, -0.15) is 0 Å². The summed E-state index contributed by atoms with van der Waals surface area (Å²) < 4.78 is 16.6. The monoisotopic (exact) mass is 453 g/mol. The molecule has 1 saturated heterocycles. The van der Waals surface area contributed by atoms with Gasteiger partial charge in [-0.15, -0.1) is 0 Å². The lowest BCUT2D eigenvalue weighted by Crippen LogP contribution is -2.41. The predicted molar refractivity (Wildman–Crippen MR) is 116 cm³/mol. The van der Waals surface area contributed by atoms with Crippen molar-refractivity contribution in [2.75, 3.05) is 34.4 Å². The van der Waals surface area contributed by atoms with E-state index in [4.69, 9.17) is 37.4 Å². The van der Waals surface area contributed by atoms with Crippen molar-refractivity contribution < 1.29 is 24.1 Å². The third-order valence-electron chi connectivity index (χ3n) is 5.46. The van der Waals surface area contributed by atoms with Gasteiger partial charge in [-0.05, 0) is 43.1 Å². The van der Waals surface area contributed by atoms with Crippen LogP contribution in [-0.2, 0) is 4.79 Å². The van der Waals surface area contributed by atoms with Crippen LogP contribution >= 0.6 is 23.2 Å². The molecule has 0 bridgehead atoms. The van der Waals surface area contributed by atoms with E-state index < -0.39 is 11.9 Å². The summed E-state index contributed by atoms with van der Waals surface area (Å²) in [6.45, 7) is 1.16. The van der Waals surface area contributed by atoms with Crippen molar-refractivity contribution in [3.63, 3.8) is 0 Å². The number of methoxy groups -OCH3 is 3. The zero-order chi connectivity index (χ0) is 21.8. The lowest BCUT2D eigenvalue weighted by Gasteiger charge is -2.38. The summed E-state index contributed by atoms with van der Waals surface area (Å²) in [5.74, 6) is 0.501. The molecule has 2 unspecified atom stereocenters. The Bertz CT molecular complexity index is 921. The fraction of sp³-hybridized carbons (Fsp3) is 0.409. The average Bonchev–Trinajstić information content (AvgIpc) is 2.76. The summed E-state index contributed by atoms with van der Waals surface area (Å²) in [4.78, 5) is 13.8. The Balaban J connectivity index is 2.16. The summed E-state index contributed by atoms with van der Waals surface area (Å²) >= 11 is 12.5. The highest BCUT2D eigenvalue weighted by Crippen LogP contribution is 2.43. The summed E-state index contributed by atoms with van der Waals surface area (Å²) in [5.41, 5.74) is 1.72. The van der Waals surface area contributed by atoms with Crippen LogP contribution in [0, 0.1) is 5.92 Å². The Kier molecular flexibility index (Phi) is 7.34. The number of benzene rings is 2. The topological polar surface area (TPSA) is 68.2 Å². The molecule has 2 aromatic carbocycles. The number of likely N-dealkylation sites (tertiary alicyclic amines) is 1. The van der Waals surface area contributed by atoms with Crippen LogP contribution in [0.1, 0.15) is 30.0 Å². The van der Waals surface area contributed by atoms with E-state index in [1.807, 2.05) is 18.2 Å². The van der Waals surface area contributed by atoms with Crippen LogP contribution in [-0.4, -0.2) is 50.4 Å². The first-order valence-electron chi connectivity index (χ1n) is 9.61. The highest BCUT2D eigenvalue weighted by atomic mass is 35.5. The van der Waals surface area contributed by atoms with Gasteiger partial charge in [0.2, 0.25) is 0 Å². The molecule has 2 aromatic rings. The van der Waals surface area contributed by atoms with E-state index in [2.05, 4.69) is 4.90 Å². The first-order valence-corrected chi connectivity index (χ1v) is 10.4. The maximum absolute atomic E-state index is 11.7. The Morgan fingerprint density at radius 3 is 2.30 bits per heavy atom. The number of ether oxygens (including phenoxy) is 3. The molecule has 6 nitrogen and oxygen atoms in total. The normalized spacial score (nSPS) is 18.0. The zero-order valence-corrected chi connectivity index (χ0v) is 18.7. The van der Waals surface area contributed by atoms with Gasteiger partial charge < -0.3 is 19.3 Å². The molecule has 1 aliphatic rings. The van der Waals surface area contributed by atoms with Gasteiger partial charge in [0.15, 0.2) is 11.5 Å². The van der Waals surface area contributed by atoms with Crippen LogP contribution in [0.5, 0.6) is 17.2 Å². The first-order chi connectivity index (χ1) is 14.4. The van der Waals surface area contributed by atoms with Crippen molar-refractivity contribution in [1.82, 2.24) is 4.90 Å². The van der Waals surface area contributed by atoms with E-state index >= 15 is 0 Å². The van der Waals surface area contributed by atoms with Crippen LogP contribution in [0.4, 0.5) is 0 Å². The molecule has 0 aliphatic carbocycles. The third-order valence-corrected chi connectivity index (χ3v) is 6.20. The van der Waals surface area contributed by atoms with Gasteiger partial charge in [-0.3, -0.25) is 9.69 Å². The van der Waals surface area contributed by atoms with Crippen molar-refractivity contribution in [2.24, 2.45) is 5.92 Å². The van der Waals surface area contributed by atoms with Gasteiger partial charge in [0.05, 0.1) is 43.3 Å². The number of hydrogen-bond acceptors (Lipinski definition) is 5. The van der Waals surface area contributed by atoms with Crippen molar-refractivity contribution in [1.29, 1.82) is 0 Å². The van der Waals surface area contributed by atoms with Crippen LogP contribution in [0.15, 0.2) is 30.3 Å². The number of rotatable bonds is 7. The Hall–Kier alpha value is -2.15. The van der Waals surface area contributed by atoms with Crippen molar-refractivity contribution in [3.8, 4) is 17.2 Å². The fourth-order valence-corrected chi connectivity index (χ4v) is 4.29. The first kappa shape index (κ1) is 22.5. The van der Waals surface area contributed by atoms with Gasteiger partial charge >= 0.3 is 5.97 Å². The number of halogens is 2. The zero-order valence-electron chi connectivity index (χ0n) is 17.2. The Labute approximate surface area is 186 Å². The molecular formula is C22H25Cl2NO5. The van der Waals surface area contributed by atoms with Gasteiger partial charge in [-0.25, -0.2) is 0 Å². The van der Waals surface area contributed by atoms with Crippen LogP contribution in [0.2, 0.25) is 10.0 Å². The molecule has 1 N–H and O–H groups in total. The second-order valence-corrected chi connectivity index (χ2v) is 8.01. The van der Waals surface area contributed by atoms with Gasteiger partial charge in [0.1, 0.15) is 5.75 Å². The van der Waals surface area contributed by atoms with Crippen LogP contribution < -0.4 is 14.2 Å². The minimum Gasteiger partial charge on any atom is -0.496 e. The number of carboxylic acids is 1. The molecule has 3 rings (SSSR count). The molecule has 162 valence electrons. The van der Waals surface area contributed by atoms with Gasteiger partial charge in [-0.1, -0.05) is 29.3 Å². The molecule has 0 saturated carbocycles. The molecule has 1 aliphatic heterocycles. The van der Waals surface area contributed by atoms with E-state index in [1.165, 1.54) is 0 Å². The Morgan fingerprint density at radius 1 is 1.03 bits per heavy atom. The van der Waals surface area contributed by atoms with E-state index in [9.17, 15) is 9.90 Å². The molecule has 0 aromatic heterocycles. The molecule has 1 heterocycles. The number of carbonyl (C=O) groups is 1. The largest absolute Gasteiger partial charge is 0.496 e. The molecule has 0 radical (unpaired) electrons. The lowest BCUT2D eigenvalue weighted by molar-refractivity contribution is -0.143. The smallest absolute Gasteiger partial charge is 0.307 e. The second-order valence-electron chi connectivity index (χ2n) is 7.20. The molecule has 2 atom stereocenters. The molecule has 0 amide bonds. The highest BCUT2D eigenvalue weighted by Gasteiger charge is 2.33. The molecule has 30 heavy (non-hydrogen) atoms. The molecule has 0 spiro atoms. The van der Waals surface area contributed by atoms with Crippen LogP contribution in [0.25, 0.3) is 0 Å². The lowest BCUT2D eigenvalue weighted by atomic mass is 9.90. The summed E-state index contributed by atoms with van der Waals surface area (Å²) in [6, 6.07) is 8.82. The minimum atomic E-state index is -0.785. The summed E-state index contributed by atoms with van der Waals surface area (Å²) in [7, 11) is 4.73. The fourth-order valence-electron chi connectivity index (χ4n) is 3.98. The number of carboxylic acid groups (broad SMARTS) is 1. The van der Waals surface area contributed by atoms with E-state index in [0.29, 0.717) is 40.3 Å². The predicted octanol–water partition coefficient (Wildman–Crippen LogP) is 4.91. The molecule has 8 heteroatoms. The van der Waals surface area contributed by atoms with E-state index in [-0.39, 0.29) is 6.04 Å². The van der Waals surface area contributed by atoms with Crippen LogP contribution in [0.3, 0.4) is 0 Å². The number of nitrogens with zero attached hydrogens (tertiary/aromatic N) is 1. The second kappa shape index (κ2) is 9.77. The standard InChI is InChI=1S/C22H25Cl2NO5/c1-28-18-11-20(30-3)19(29-2)10-15(18)21(13-6-7-16(23)17(24)9-13)25-8-4-5-14(12-25)22(26)27/h6-7,9-11,14,21H,4-5,8,12H2,1-3H3,(H,26,27). The van der Waals surface area contributed by atoms with E-state index in [1.54, 1.807) is 33.5 Å². The van der Waals surface area contributed by atoms with Crippen molar-refractivity contribution >= 4 is 29.2 Å². The SMILES string of the molecule is COc1cc(OC)c(C(c2ccc(Cl)c(Cl)c2)N2CCCC(C(=O)O)C2)cc1OC. The highest BCUT2D eigenvalue weighted by molar-refractivity contribution is 6.42. The summed E-state index contributed by atoms with van der Waals surface area (Å²) in [6.07, 6.45) is 1.44. The number of aliphatic carboxylic acids is 1.